The first-order valence-electron chi connectivity index (χ1n) is 20.3. The summed E-state index contributed by atoms with van der Waals surface area (Å²) in [4.78, 5) is 60.7. The maximum atomic E-state index is 12.5. The molecular formula is C43H62BrN5O4. The van der Waals surface area contributed by atoms with E-state index in [1.54, 1.807) is 12.1 Å². The zero-order valence-corrected chi connectivity index (χ0v) is 33.9. The average molecular weight is 793 g/mol. The highest BCUT2D eigenvalue weighted by molar-refractivity contribution is 9.10. The lowest BCUT2D eigenvalue weighted by molar-refractivity contribution is -0.134. The Balaban J connectivity index is 0.000000206. The highest BCUT2D eigenvalue weighted by Crippen LogP contribution is 2.25. The Hall–Kier alpha value is -2.92. The number of piperazine rings is 2. The largest absolute Gasteiger partial charge is 0.340 e. The lowest BCUT2D eigenvalue weighted by Crippen LogP contribution is -2.52. The van der Waals surface area contributed by atoms with E-state index >= 15 is 0 Å². The van der Waals surface area contributed by atoms with Crippen LogP contribution in [0.5, 0.6) is 0 Å². The number of benzene rings is 2. The van der Waals surface area contributed by atoms with Crippen LogP contribution >= 0.6 is 15.9 Å². The molecule has 2 aliphatic heterocycles. The molecule has 2 aromatic rings. The van der Waals surface area contributed by atoms with E-state index in [0.29, 0.717) is 36.8 Å². The molecule has 2 amide bonds. The lowest BCUT2D eigenvalue weighted by Gasteiger charge is -2.40. The maximum Gasteiger partial charge on any atom is 0.223 e. The minimum atomic E-state index is 0.0432. The second-order valence-corrected chi connectivity index (χ2v) is 16.6. The van der Waals surface area contributed by atoms with Crippen molar-refractivity contribution in [2.24, 2.45) is 0 Å². The number of hydrogen-bond acceptors (Lipinski definition) is 7. The highest BCUT2D eigenvalue weighted by atomic mass is 79.9. The average Bonchev–Trinajstić information content (AvgIpc) is 3.20. The Bertz CT molecular complexity index is 1450. The van der Waals surface area contributed by atoms with Crippen LogP contribution in [0.4, 0.5) is 0 Å². The van der Waals surface area contributed by atoms with Crippen molar-refractivity contribution >= 4 is 39.3 Å². The van der Waals surface area contributed by atoms with Crippen molar-refractivity contribution in [1.29, 1.82) is 0 Å². The van der Waals surface area contributed by atoms with Gasteiger partial charge in [0.05, 0.1) is 0 Å². The van der Waals surface area contributed by atoms with E-state index in [9.17, 15) is 19.2 Å². The normalized spacial score (nSPS) is 19.5. The molecule has 2 aromatic carbocycles. The van der Waals surface area contributed by atoms with Crippen molar-refractivity contribution in [3.05, 3.63) is 69.7 Å². The van der Waals surface area contributed by atoms with Gasteiger partial charge in [-0.15, -0.1) is 0 Å². The summed E-state index contributed by atoms with van der Waals surface area (Å²) in [5, 5.41) is 0. The molecule has 290 valence electrons. The number of Topliss-reactive ketones (excluding diaryl/α,β-unsaturated/α-hetero) is 2. The predicted molar refractivity (Wildman–Crippen MR) is 215 cm³/mol. The molecule has 0 unspecified atom stereocenters. The number of nitrogens with zero attached hydrogens (tertiary/aromatic N) is 5. The van der Waals surface area contributed by atoms with E-state index in [4.69, 9.17) is 0 Å². The van der Waals surface area contributed by atoms with E-state index < -0.39 is 0 Å². The molecule has 2 saturated heterocycles. The maximum absolute atomic E-state index is 12.5. The minimum Gasteiger partial charge on any atom is -0.340 e. The zero-order valence-electron chi connectivity index (χ0n) is 32.3. The van der Waals surface area contributed by atoms with Gasteiger partial charge in [-0.05, 0) is 57.5 Å². The van der Waals surface area contributed by atoms with E-state index in [1.807, 2.05) is 60.3 Å². The summed E-state index contributed by atoms with van der Waals surface area (Å²) in [5.74, 6) is 0.349. The Morgan fingerprint density at radius 3 is 1.30 bits per heavy atom. The fourth-order valence-electron chi connectivity index (χ4n) is 8.41. The molecule has 9 nitrogen and oxygen atoms in total. The van der Waals surface area contributed by atoms with Gasteiger partial charge in [0.25, 0.3) is 0 Å². The Kier molecular flexibility index (Phi) is 16.5. The van der Waals surface area contributed by atoms with Gasteiger partial charge in [-0.3, -0.25) is 29.0 Å². The van der Waals surface area contributed by atoms with Crippen molar-refractivity contribution < 1.29 is 19.2 Å². The molecule has 10 heteroatoms. The van der Waals surface area contributed by atoms with Crippen LogP contribution in [0.2, 0.25) is 0 Å². The van der Waals surface area contributed by atoms with Crippen LogP contribution in [-0.4, -0.2) is 126 Å². The summed E-state index contributed by atoms with van der Waals surface area (Å²) in [6, 6.07) is 16.6. The predicted octanol–water partition coefficient (Wildman–Crippen LogP) is 7.08. The smallest absolute Gasteiger partial charge is 0.223 e. The number of carbonyl (C=O) groups excluding carboxylic acids is 4. The number of ketones is 2. The van der Waals surface area contributed by atoms with Gasteiger partial charge < -0.3 is 14.7 Å². The van der Waals surface area contributed by atoms with Gasteiger partial charge in [-0.1, -0.05) is 90.9 Å². The molecule has 53 heavy (non-hydrogen) atoms. The van der Waals surface area contributed by atoms with E-state index in [-0.39, 0.29) is 23.4 Å². The third-order valence-electron chi connectivity index (χ3n) is 11.6. The summed E-state index contributed by atoms with van der Waals surface area (Å²) >= 11 is 3.37. The fourth-order valence-corrected chi connectivity index (χ4v) is 8.67. The van der Waals surface area contributed by atoms with Crippen LogP contribution in [-0.2, 0) is 16.1 Å². The number of hydrogen-bond donors (Lipinski definition) is 0. The molecule has 4 fully saturated rings. The highest BCUT2D eigenvalue weighted by Gasteiger charge is 2.28. The molecule has 0 bridgehead atoms. The number of carbonyl (C=O) groups is 4. The molecule has 0 N–H and O–H groups in total. The molecular weight excluding hydrogens is 730 g/mol. The summed E-state index contributed by atoms with van der Waals surface area (Å²) in [6.07, 6.45) is 14.6. The van der Waals surface area contributed by atoms with Gasteiger partial charge in [-0.2, -0.15) is 0 Å². The number of amides is 2. The molecule has 2 saturated carbocycles. The molecule has 2 heterocycles. The van der Waals surface area contributed by atoms with Gasteiger partial charge in [-0.25, -0.2) is 0 Å². The summed E-state index contributed by atoms with van der Waals surface area (Å²) < 4.78 is 0.955. The molecule has 2 aliphatic carbocycles. The van der Waals surface area contributed by atoms with Crippen LogP contribution in [0, 0.1) is 0 Å². The van der Waals surface area contributed by atoms with Crippen LogP contribution in [0.25, 0.3) is 0 Å². The fraction of sp³-hybridized carbons (Fsp3) is 0.628. The van der Waals surface area contributed by atoms with Gasteiger partial charge in [0.1, 0.15) is 0 Å². The van der Waals surface area contributed by atoms with Crippen molar-refractivity contribution in [1.82, 2.24) is 24.5 Å². The quantitative estimate of drug-likeness (QED) is 0.213. The van der Waals surface area contributed by atoms with Crippen molar-refractivity contribution in [3.8, 4) is 0 Å². The van der Waals surface area contributed by atoms with Crippen LogP contribution < -0.4 is 0 Å². The second kappa shape index (κ2) is 21.2. The van der Waals surface area contributed by atoms with Crippen LogP contribution in [0.15, 0.2) is 53.0 Å². The van der Waals surface area contributed by atoms with E-state index in [2.05, 4.69) is 30.6 Å². The molecule has 0 spiro atoms. The monoisotopic (exact) mass is 791 g/mol. The molecule has 6 rings (SSSR count). The molecule has 0 aromatic heterocycles. The molecule has 0 radical (unpaired) electrons. The Morgan fingerprint density at radius 1 is 0.547 bits per heavy atom. The van der Waals surface area contributed by atoms with Crippen molar-refractivity contribution in [3.63, 3.8) is 0 Å². The van der Waals surface area contributed by atoms with Gasteiger partial charge >= 0.3 is 0 Å². The Morgan fingerprint density at radius 2 is 0.925 bits per heavy atom. The molecule has 0 atom stereocenters. The summed E-state index contributed by atoms with van der Waals surface area (Å²) in [6.45, 7) is 8.03. The summed E-state index contributed by atoms with van der Waals surface area (Å²) in [7, 11) is 4.05. The first kappa shape index (κ1) is 41.2. The topological polar surface area (TPSA) is 84.5 Å². The summed E-state index contributed by atoms with van der Waals surface area (Å²) in [5.41, 5.74) is 2.57. The number of rotatable bonds is 12. The van der Waals surface area contributed by atoms with Crippen LogP contribution in [0.1, 0.15) is 116 Å². The first-order valence-corrected chi connectivity index (χ1v) is 21.0. The lowest BCUT2D eigenvalue weighted by atomic mass is 9.94. The van der Waals surface area contributed by atoms with Gasteiger partial charge in [0, 0.05) is 112 Å². The van der Waals surface area contributed by atoms with E-state index in [1.165, 1.54) is 69.8 Å². The second-order valence-electron chi connectivity index (χ2n) is 15.7. The number of halogens is 1. The van der Waals surface area contributed by atoms with Crippen molar-refractivity contribution in [2.75, 3.05) is 66.5 Å². The zero-order chi connectivity index (χ0) is 37.6. The van der Waals surface area contributed by atoms with Crippen molar-refractivity contribution in [2.45, 2.75) is 109 Å². The Labute approximate surface area is 326 Å². The first-order chi connectivity index (χ1) is 25.7. The standard InChI is InChI=1S/C23H35N3O2.C20H27BrN2O2/c1-24(2)18-19-8-10-20(11-9-19)22(27)12-13-23(28)26-16-14-25(15-17-26)21-6-4-3-5-7-21;21-17-8-6-16(7-9-17)19(24)10-11-20(25)23-14-12-22(13-15-23)18-4-2-1-3-5-18/h8-11,21H,3-7,12-18H2,1-2H3;6-9,18H,1-5,10-15H2. The van der Waals surface area contributed by atoms with Gasteiger partial charge in [0.2, 0.25) is 11.8 Å². The van der Waals surface area contributed by atoms with E-state index in [0.717, 1.165) is 75.5 Å². The third-order valence-corrected chi connectivity index (χ3v) is 12.1. The SMILES string of the molecule is CN(C)Cc1ccc(C(=O)CCC(=O)N2CCN(C3CCCCC3)CC2)cc1.O=C(CCC(=O)N1CCN(C2CCCCC2)CC1)c1ccc(Br)cc1. The molecule has 4 aliphatic rings. The van der Waals surface area contributed by atoms with Gasteiger partial charge in [0.15, 0.2) is 11.6 Å². The third kappa shape index (κ3) is 13.1. The minimum absolute atomic E-state index is 0.0432. The van der Waals surface area contributed by atoms with Crippen LogP contribution in [0.3, 0.4) is 0 Å².